The first-order valence-electron chi connectivity index (χ1n) is 5.17. The molecule has 0 saturated carbocycles. The van der Waals surface area contributed by atoms with Gasteiger partial charge in [0.05, 0.1) is 12.7 Å². The highest BCUT2D eigenvalue weighted by atomic mass is 16.5. The number of nitrogens with one attached hydrogen (secondary N) is 1. The SMILES string of the molecule is CC(C)C(=O)NC[C@@H]1CN(C)CCO1. The molecule has 0 radical (unpaired) electrons. The molecule has 1 aliphatic heterocycles. The van der Waals surface area contributed by atoms with E-state index in [1.54, 1.807) is 0 Å². The first kappa shape index (κ1) is 11.5. The maximum absolute atomic E-state index is 11.3. The highest BCUT2D eigenvalue weighted by Crippen LogP contribution is 2.02. The summed E-state index contributed by atoms with van der Waals surface area (Å²) >= 11 is 0. The van der Waals surface area contributed by atoms with Crippen LogP contribution in [0.1, 0.15) is 13.8 Å². The highest BCUT2D eigenvalue weighted by molar-refractivity contribution is 5.77. The Hall–Kier alpha value is -0.610. The summed E-state index contributed by atoms with van der Waals surface area (Å²) in [5.41, 5.74) is 0. The van der Waals surface area contributed by atoms with E-state index in [9.17, 15) is 4.79 Å². The maximum atomic E-state index is 11.3. The molecular formula is C10H20N2O2. The minimum Gasteiger partial charge on any atom is -0.374 e. The van der Waals surface area contributed by atoms with Crippen molar-refractivity contribution in [2.75, 3.05) is 33.3 Å². The lowest BCUT2D eigenvalue weighted by Gasteiger charge is -2.30. The van der Waals surface area contributed by atoms with E-state index in [2.05, 4.69) is 17.3 Å². The van der Waals surface area contributed by atoms with Crippen LogP contribution >= 0.6 is 0 Å². The summed E-state index contributed by atoms with van der Waals surface area (Å²) in [5.74, 6) is 0.151. The fraction of sp³-hybridized carbons (Fsp3) is 0.900. The second kappa shape index (κ2) is 5.32. The molecule has 1 fully saturated rings. The van der Waals surface area contributed by atoms with Crippen LogP contribution in [0.25, 0.3) is 0 Å². The predicted octanol–water partition coefficient (Wildman–Crippen LogP) is 0.0892. The number of nitrogens with zero attached hydrogens (tertiary/aromatic N) is 1. The van der Waals surface area contributed by atoms with Gasteiger partial charge >= 0.3 is 0 Å². The van der Waals surface area contributed by atoms with Gasteiger partial charge in [-0.3, -0.25) is 4.79 Å². The molecule has 0 spiro atoms. The van der Waals surface area contributed by atoms with Crippen molar-refractivity contribution >= 4 is 5.91 Å². The zero-order valence-corrected chi connectivity index (χ0v) is 9.25. The fourth-order valence-electron chi connectivity index (χ4n) is 1.41. The Balaban J connectivity index is 2.20. The van der Waals surface area contributed by atoms with E-state index in [1.165, 1.54) is 0 Å². The van der Waals surface area contributed by atoms with Gasteiger partial charge in [0, 0.05) is 25.6 Å². The molecule has 1 amide bonds. The standard InChI is InChI=1S/C10H20N2O2/c1-8(2)10(13)11-6-9-7-12(3)4-5-14-9/h8-9H,4-7H2,1-3H3,(H,11,13)/t9-/m1/s1. The van der Waals surface area contributed by atoms with Gasteiger partial charge in [0.1, 0.15) is 0 Å². The van der Waals surface area contributed by atoms with E-state index in [-0.39, 0.29) is 17.9 Å². The average molecular weight is 200 g/mol. The summed E-state index contributed by atoms with van der Waals surface area (Å²) in [6.45, 7) is 7.06. The van der Waals surface area contributed by atoms with Crippen molar-refractivity contribution in [3.63, 3.8) is 0 Å². The van der Waals surface area contributed by atoms with Crippen LogP contribution in [0.5, 0.6) is 0 Å². The molecule has 4 heteroatoms. The molecule has 1 atom stereocenters. The van der Waals surface area contributed by atoms with Gasteiger partial charge in [-0.1, -0.05) is 13.8 Å². The molecule has 1 heterocycles. The van der Waals surface area contributed by atoms with Crippen LogP contribution in [0.2, 0.25) is 0 Å². The smallest absolute Gasteiger partial charge is 0.222 e. The Bertz CT molecular complexity index is 195. The van der Waals surface area contributed by atoms with Gasteiger partial charge in [0.25, 0.3) is 0 Å². The third kappa shape index (κ3) is 3.64. The van der Waals surface area contributed by atoms with Crippen LogP contribution in [-0.2, 0) is 9.53 Å². The number of morpholine rings is 1. The highest BCUT2D eigenvalue weighted by Gasteiger charge is 2.18. The monoisotopic (exact) mass is 200 g/mol. The first-order valence-corrected chi connectivity index (χ1v) is 5.17. The maximum Gasteiger partial charge on any atom is 0.222 e. The van der Waals surface area contributed by atoms with Gasteiger partial charge in [-0.25, -0.2) is 0 Å². The number of likely N-dealkylation sites (N-methyl/N-ethyl adjacent to an activating group) is 1. The van der Waals surface area contributed by atoms with Crippen molar-refractivity contribution in [1.29, 1.82) is 0 Å². The third-order valence-corrected chi connectivity index (χ3v) is 2.37. The van der Waals surface area contributed by atoms with Crippen LogP contribution < -0.4 is 5.32 Å². The molecule has 0 aromatic heterocycles. The van der Waals surface area contributed by atoms with Gasteiger partial charge in [-0.05, 0) is 7.05 Å². The van der Waals surface area contributed by atoms with Crippen LogP contribution in [-0.4, -0.2) is 50.2 Å². The molecule has 0 unspecified atom stereocenters. The quantitative estimate of drug-likeness (QED) is 0.702. The molecule has 1 rings (SSSR count). The Morgan fingerprint density at radius 3 is 2.93 bits per heavy atom. The third-order valence-electron chi connectivity index (χ3n) is 2.37. The second-order valence-electron chi connectivity index (χ2n) is 4.15. The molecule has 1 N–H and O–H groups in total. The Morgan fingerprint density at radius 2 is 2.36 bits per heavy atom. The number of ether oxygens (including phenoxy) is 1. The van der Waals surface area contributed by atoms with E-state index < -0.39 is 0 Å². The minimum absolute atomic E-state index is 0.0521. The molecule has 14 heavy (non-hydrogen) atoms. The molecule has 0 aromatic carbocycles. The summed E-state index contributed by atoms with van der Waals surface area (Å²) in [6.07, 6.45) is 0.149. The van der Waals surface area contributed by atoms with Gasteiger partial charge in [0.15, 0.2) is 0 Å². The topological polar surface area (TPSA) is 41.6 Å². The Kier molecular flexibility index (Phi) is 4.35. The van der Waals surface area contributed by atoms with Gasteiger partial charge in [-0.15, -0.1) is 0 Å². The zero-order chi connectivity index (χ0) is 10.6. The molecule has 0 bridgehead atoms. The Morgan fingerprint density at radius 1 is 1.64 bits per heavy atom. The normalized spacial score (nSPS) is 23.9. The van der Waals surface area contributed by atoms with Gasteiger partial charge in [0.2, 0.25) is 5.91 Å². The summed E-state index contributed by atoms with van der Waals surface area (Å²) in [5, 5.41) is 2.88. The van der Waals surface area contributed by atoms with E-state index in [1.807, 2.05) is 13.8 Å². The molecule has 4 nitrogen and oxygen atoms in total. The molecule has 1 saturated heterocycles. The van der Waals surface area contributed by atoms with E-state index in [4.69, 9.17) is 4.74 Å². The molecular weight excluding hydrogens is 180 g/mol. The van der Waals surface area contributed by atoms with Gasteiger partial charge in [-0.2, -0.15) is 0 Å². The van der Waals surface area contributed by atoms with Crippen molar-refractivity contribution in [2.24, 2.45) is 5.92 Å². The van der Waals surface area contributed by atoms with E-state index in [0.29, 0.717) is 6.54 Å². The minimum atomic E-state index is 0.0521. The number of hydrogen-bond acceptors (Lipinski definition) is 3. The molecule has 0 aliphatic carbocycles. The van der Waals surface area contributed by atoms with Crippen LogP contribution in [0, 0.1) is 5.92 Å². The molecule has 82 valence electrons. The zero-order valence-electron chi connectivity index (χ0n) is 9.25. The predicted molar refractivity (Wildman–Crippen MR) is 55.1 cm³/mol. The summed E-state index contributed by atoms with van der Waals surface area (Å²) in [6, 6.07) is 0. The fourth-order valence-corrected chi connectivity index (χ4v) is 1.41. The van der Waals surface area contributed by atoms with Crippen LogP contribution in [0.15, 0.2) is 0 Å². The van der Waals surface area contributed by atoms with E-state index in [0.717, 1.165) is 19.7 Å². The van der Waals surface area contributed by atoms with Crippen molar-refractivity contribution in [1.82, 2.24) is 10.2 Å². The van der Waals surface area contributed by atoms with Crippen molar-refractivity contribution in [2.45, 2.75) is 20.0 Å². The lowest BCUT2D eigenvalue weighted by atomic mass is 10.2. The lowest BCUT2D eigenvalue weighted by Crippen LogP contribution is -2.46. The number of hydrogen-bond donors (Lipinski definition) is 1. The van der Waals surface area contributed by atoms with Crippen molar-refractivity contribution in [3.05, 3.63) is 0 Å². The molecule has 1 aliphatic rings. The largest absolute Gasteiger partial charge is 0.374 e. The second-order valence-corrected chi connectivity index (χ2v) is 4.15. The van der Waals surface area contributed by atoms with Crippen molar-refractivity contribution in [3.8, 4) is 0 Å². The van der Waals surface area contributed by atoms with Crippen molar-refractivity contribution < 1.29 is 9.53 Å². The summed E-state index contributed by atoms with van der Waals surface area (Å²) < 4.78 is 5.52. The lowest BCUT2D eigenvalue weighted by molar-refractivity contribution is -0.125. The number of carbonyl (C=O) groups is 1. The first-order chi connectivity index (χ1) is 6.59. The van der Waals surface area contributed by atoms with Gasteiger partial charge < -0.3 is 15.0 Å². The molecule has 0 aromatic rings. The van der Waals surface area contributed by atoms with Crippen LogP contribution in [0.4, 0.5) is 0 Å². The number of rotatable bonds is 3. The number of amides is 1. The van der Waals surface area contributed by atoms with Crippen LogP contribution in [0.3, 0.4) is 0 Å². The number of carbonyl (C=O) groups excluding carboxylic acids is 1. The summed E-state index contributed by atoms with van der Waals surface area (Å²) in [4.78, 5) is 13.5. The summed E-state index contributed by atoms with van der Waals surface area (Å²) in [7, 11) is 2.07. The average Bonchev–Trinajstić information content (AvgIpc) is 2.14. The Labute approximate surface area is 85.6 Å². The van der Waals surface area contributed by atoms with E-state index >= 15 is 0 Å².